The second-order valence-corrected chi connectivity index (χ2v) is 10.1. The molecule has 9 heteroatoms. The lowest BCUT2D eigenvalue weighted by Crippen LogP contribution is -2.22. The average Bonchev–Trinajstić information content (AvgIpc) is 3.14. The Bertz CT molecular complexity index is 1570. The van der Waals surface area contributed by atoms with Crippen molar-refractivity contribution >= 4 is 22.8 Å². The quantitative estimate of drug-likeness (QED) is 0.238. The predicted octanol–water partition coefficient (Wildman–Crippen LogP) is 6.84. The van der Waals surface area contributed by atoms with Crippen molar-refractivity contribution in [2.24, 2.45) is 0 Å². The molecule has 0 bridgehead atoms. The molecule has 4 rings (SSSR count). The summed E-state index contributed by atoms with van der Waals surface area (Å²) in [6.45, 7) is 7.49. The Balaban J connectivity index is 1.62. The van der Waals surface area contributed by atoms with E-state index < -0.39 is 24.3 Å². The van der Waals surface area contributed by atoms with Gasteiger partial charge in [-0.05, 0) is 78.4 Å². The molecule has 2 N–H and O–H groups in total. The average molecular weight is 553 g/mol. The molecule has 0 fully saturated rings. The maximum atomic E-state index is 13.8. The maximum absolute atomic E-state index is 13.8. The Kier molecular flexibility index (Phi) is 8.23. The lowest BCUT2D eigenvalue weighted by atomic mass is 10.0. The van der Waals surface area contributed by atoms with Gasteiger partial charge in [0.25, 0.3) is 5.91 Å². The van der Waals surface area contributed by atoms with Crippen molar-refractivity contribution in [3.8, 4) is 5.75 Å². The summed E-state index contributed by atoms with van der Waals surface area (Å²) in [6, 6.07) is 16.4. The van der Waals surface area contributed by atoms with E-state index in [0.29, 0.717) is 23.5 Å². The highest BCUT2D eigenvalue weighted by Gasteiger charge is 2.34. The summed E-state index contributed by atoms with van der Waals surface area (Å²) in [6.07, 6.45) is -4.60. The van der Waals surface area contributed by atoms with Crippen LogP contribution in [0.4, 0.5) is 13.2 Å². The van der Waals surface area contributed by atoms with Crippen LogP contribution >= 0.6 is 0 Å². The van der Waals surface area contributed by atoms with Crippen LogP contribution in [0.3, 0.4) is 0 Å². The number of benzene rings is 3. The minimum atomic E-state index is -4.60. The van der Waals surface area contributed by atoms with Crippen LogP contribution in [0.15, 0.2) is 60.7 Å². The molecule has 0 aliphatic carbocycles. The van der Waals surface area contributed by atoms with Crippen molar-refractivity contribution < 1.29 is 32.6 Å². The van der Waals surface area contributed by atoms with E-state index in [-0.39, 0.29) is 23.8 Å². The molecule has 4 aromatic rings. The number of amides is 1. The molecule has 0 radical (unpaired) electrons. The molecule has 0 atom stereocenters. The summed E-state index contributed by atoms with van der Waals surface area (Å²) < 4.78 is 48.4. The van der Waals surface area contributed by atoms with E-state index in [1.165, 1.54) is 11.6 Å². The number of halogens is 3. The number of nitrogens with one attached hydrogen (secondary N) is 1. The highest BCUT2D eigenvalue weighted by molar-refractivity contribution is 5.99. The molecular weight excluding hydrogens is 521 g/mol. The number of hydrogen-bond acceptors (Lipinski definition) is 3. The lowest BCUT2D eigenvalue weighted by molar-refractivity contribution is -0.140. The first-order valence-corrected chi connectivity index (χ1v) is 12.9. The van der Waals surface area contributed by atoms with E-state index in [1.54, 1.807) is 22.8 Å². The number of rotatable bonds is 9. The minimum absolute atomic E-state index is 0.0362. The van der Waals surface area contributed by atoms with E-state index in [1.807, 2.05) is 26.0 Å². The van der Waals surface area contributed by atoms with E-state index >= 15 is 0 Å². The maximum Gasteiger partial charge on any atom is 0.416 e. The van der Waals surface area contributed by atoms with Crippen LogP contribution in [0.2, 0.25) is 0 Å². The molecule has 40 heavy (non-hydrogen) atoms. The van der Waals surface area contributed by atoms with Gasteiger partial charge in [-0.3, -0.25) is 4.79 Å². The van der Waals surface area contributed by atoms with Crippen LogP contribution in [-0.4, -0.2) is 28.2 Å². The standard InChI is InChI=1S/C31H31F3N2O4/c1-18(2)22-7-5-6-21(12-22)15-35-30(39)23-8-11-28-26(14-23)19(3)20(4)36(28)16-24-13-25(40-17-29(37)38)9-10-27(24)31(32,33)34/h5-14,18H,15-17H2,1-4H3,(H,35,39)(H,37,38). The van der Waals surface area contributed by atoms with Gasteiger partial charge < -0.3 is 19.7 Å². The number of nitrogens with zero attached hydrogens (tertiary/aromatic N) is 1. The van der Waals surface area contributed by atoms with Crippen molar-refractivity contribution in [3.05, 3.63) is 99.7 Å². The van der Waals surface area contributed by atoms with E-state index in [2.05, 4.69) is 31.3 Å². The van der Waals surface area contributed by atoms with Crippen LogP contribution in [0.5, 0.6) is 5.75 Å². The molecule has 0 aliphatic heterocycles. The third-order valence-electron chi connectivity index (χ3n) is 7.04. The first-order valence-electron chi connectivity index (χ1n) is 12.9. The number of carbonyl (C=O) groups excluding carboxylic acids is 1. The zero-order chi connectivity index (χ0) is 29.2. The molecular formula is C31H31F3N2O4. The summed E-state index contributed by atoms with van der Waals surface area (Å²) >= 11 is 0. The van der Waals surface area contributed by atoms with Gasteiger partial charge in [0.2, 0.25) is 0 Å². The van der Waals surface area contributed by atoms with Crippen molar-refractivity contribution in [1.29, 1.82) is 0 Å². The second kappa shape index (κ2) is 11.5. The van der Waals surface area contributed by atoms with E-state index in [0.717, 1.165) is 34.3 Å². The van der Waals surface area contributed by atoms with Gasteiger partial charge in [-0.1, -0.05) is 38.1 Å². The van der Waals surface area contributed by atoms with Crippen molar-refractivity contribution in [3.63, 3.8) is 0 Å². The van der Waals surface area contributed by atoms with Gasteiger partial charge in [-0.25, -0.2) is 4.79 Å². The highest BCUT2D eigenvalue weighted by atomic mass is 19.4. The Labute approximate surface area is 230 Å². The Morgan fingerprint density at radius 1 is 1.02 bits per heavy atom. The van der Waals surface area contributed by atoms with Gasteiger partial charge in [-0.2, -0.15) is 13.2 Å². The molecule has 3 aromatic carbocycles. The third kappa shape index (κ3) is 6.30. The summed E-state index contributed by atoms with van der Waals surface area (Å²) in [5, 5.41) is 12.6. The van der Waals surface area contributed by atoms with Crippen molar-refractivity contribution in [2.45, 2.75) is 52.9 Å². The Morgan fingerprint density at radius 2 is 1.77 bits per heavy atom. The molecule has 0 saturated heterocycles. The van der Waals surface area contributed by atoms with Gasteiger partial charge in [-0.15, -0.1) is 0 Å². The molecule has 1 amide bonds. The largest absolute Gasteiger partial charge is 0.482 e. The van der Waals surface area contributed by atoms with Crippen LogP contribution in [0.25, 0.3) is 10.9 Å². The van der Waals surface area contributed by atoms with Gasteiger partial charge in [0.1, 0.15) is 5.75 Å². The van der Waals surface area contributed by atoms with Crippen LogP contribution in [0.1, 0.15) is 63.6 Å². The Hall–Kier alpha value is -4.27. The van der Waals surface area contributed by atoms with Crippen LogP contribution < -0.4 is 10.1 Å². The first-order chi connectivity index (χ1) is 18.8. The fourth-order valence-electron chi connectivity index (χ4n) is 4.72. The monoisotopic (exact) mass is 552 g/mol. The fourth-order valence-corrected chi connectivity index (χ4v) is 4.72. The normalized spacial score (nSPS) is 11.7. The molecule has 0 unspecified atom stereocenters. The SMILES string of the molecule is Cc1c(C)n(Cc2cc(OCC(=O)O)ccc2C(F)(F)F)c2ccc(C(=O)NCc3cccc(C(C)C)c3)cc12. The number of aromatic nitrogens is 1. The molecule has 210 valence electrons. The summed E-state index contributed by atoms with van der Waals surface area (Å²) in [5.41, 5.74) is 4.03. The summed E-state index contributed by atoms with van der Waals surface area (Å²) in [7, 11) is 0. The second-order valence-electron chi connectivity index (χ2n) is 10.1. The summed E-state index contributed by atoms with van der Waals surface area (Å²) in [5.74, 6) is -1.06. The van der Waals surface area contributed by atoms with Gasteiger partial charge in [0.05, 0.1) is 5.56 Å². The molecule has 0 spiro atoms. The highest BCUT2D eigenvalue weighted by Crippen LogP contribution is 2.36. The van der Waals surface area contributed by atoms with Gasteiger partial charge in [0.15, 0.2) is 6.61 Å². The zero-order valence-electron chi connectivity index (χ0n) is 22.7. The summed E-state index contributed by atoms with van der Waals surface area (Å²) in [4.78, 5) is 23.8. The fraction of sp³-hybridized carbons (Fsp3) is 0.290. The number of carboxylic acid groups (broad SMARTS) is 1. The molecule has 1 aromatic heterocycles. The number of carboxylic acids is 1. The number of aliphatic carboxylic acids is 1. The molecule has 1 heterocycles. The topological polar surface area (TPSA) is 80.6 Å². The number of aryl methyl sites for hydroxylation is 1. The van der Waals surface area contributed by atoms with E-state index in [9.17, 15) is 22.8 Å². The van der Waals surface area contributed by atoms with Gasteiger partial charge >= 0.3 is 12.1 Å². The smallest absolute Gasteiger partial charge is 0.416 e. The number of alkyl halides is 3. The van der Waals surface area contributed by atoms with Crippen molar-refractivity contribution in [1.82, 2.24) is 9.88 Å². The van der Waals surface area contributed by atoms with E-state index in [4.69, 9.17) is 9.84 Å². The first kappa shape index (κ1) is 28.7. The number of hydrogen-bond donors (Lipinski definition) is 2. The van der Waals surface area contributed by atoms with Gasteiger partial charge in [0, 0.05) is 35.2 Å². The number of carbonyl (C=O) groups is 2. The van der Waals surface area contributed by atoms with Crippen LogP contribution in [-0.2, 0) is 24.1 Å². The molecule has 6 nitrogen and oxygen atoms in total. The Morgan fingerprint density at radius 3 is 2.45 bits per heavy atom. The molecule has 0 aliphatic rings. The number of fused-ring (bicyclic) bond motifs is 1. The van der Waals surface area contributed by atoms with Crippen molar-refractivity contribution in [2.75, 3.05) is 6.61 Å². The molecule has 0 saturated carbocycles. The minimum Gasteiger partial charge on any atom is -0.482 e. The zero-order valence-corrected chi connectivity index (χ0v) is 22.7. The predicted molar refractivity (Wildman–Crippen MR) is 147 cm³/mol. The number of ether oxygens (including phenoxy) is 1. The third-order valence-corrected chi connectivity index (χ3v) is 7.04. The lowest BCUT2D eigenvalue weighted by Gasteiger charge is -2.17. The van der Waals surface area contributed by atoms with Crippen LogP contribution in [0, 0.1) is 13.8 Å².